The Kier molecular flexibility index (Phi) is 3.37. The van der Waals surface area contributed by atoms with Gasteiger partial charge in [0.1, 0.15) is 0 Å². The van der Waals surface area contributed by atoms with Crippen LogP contribution >= 0.6 is 0 Å². The number of aromatic nitrogens is 3. The number of aryl methyl sites for hydroxylation is 2. The lowest BCUT2D eigenvalue weighted by atomic mass is 10.1. The van der Waals surface area contributed by atoms with Crippen molar-refractivity contribution in [2.45, 2.75) is 26.9 Å². The zero-order valence-electron chi connectivity index (χ0n) is 11.8. The summed E-state index contributed by atoms with van der Waals surface area (Å²) in [5.41, 5.74) is 4.55. The number of benzene rings is 1. The second-order valence-electron chi connectivity index (χ2n) is 4.89. The van der Waals surface area contributed by atoms with Crippen LogP contribution in [0.1, 0.15) is 18.1 Å². The smallest absolute Gasteiger partial charge is 0.0751 e. The van der Waals surface area contributed by atoms with E-state index in [0.717, 1.165) is 29.7 Å². The van der Waals surface area contributed by atoms with Crippen molar-refractivity contribution >= 4 is 16.6 Å². The number of rotatable bonds is 4. The van der Waals surface area contributed by atoms with Gasteiger partial charge in [0.15, 0.2) is 0 Å². The number of nitrogens with one attached hydrogen (secondary N) is 1. The molecule has 0 radical (unpaired) electrons. The Balaban J connectivity index is 1.86. The predicted molar refractivity (Wildman–Crippen MR) is 81.7 cm³/mol. The largest absolute Gasteiger partial charge is 0.380 e. The molecule has 0 saturated heterocycles. The third-order valence-electron chi connectivity index (χ3n) is 3.47. The molecule has 2 aromatic heterocycles. The Morgan fingerprint density at radius 1 is 1.25 bits per heavy atom. The van der Waals surface area contributed by atoms with Crippen molar-refractivity contribution in [2.24, 2.45) is 0 Å². The zero-order valence-corrected chi connectivity index (χ0v) is 11.8. The first-order chi connectivity index (χ1) is 9.78. The molecule has 20 heavy (non-hydrogen) atoms. The molecule has 0 saturated carbocycles. The van der Waals surface area contributed by atoms with Crippen LogP contribution in [0.15, 0.2) is 42.9 Å². The maximum absolute atomic E-state index is 4.46. The van der Waals surface area contributed by atoms with Gasteiger partial charge in [-0.1, -0.05) is 6.07 Å². The molecule has 3 rings (SSSR count). The average Bonchev–Trinajstić information content (AvgIpc) is 2.95. The minimum atomic E-state index is 0.771. The van der Waals surface area contributed by atoms with E-state index in [9.17, 15) is 0 Å². The zero-order chi connectivity index (χ0) is 13.9. The predicted octanol–water partition coefficient (Wildman–Crippen LogP) is 3.37. The molecule has 0 fully saturated rings. The molecule has 0 unspecified atom stereocenters. The molecule has 0 bridgehead atoms. The van der Waals surface area contributed by atoms with Gasteiger partial charge in [-0.25, -0.2) is 0 Å². The van der Waals surface area contributed by atoms with E-state index >= 15 is 0 Å². The van der Waals surface area contributed by atoms with E-state index in [1.54, 1.807) is 0 Å². The Hall–Kier alpha value is -2.36. The van der Waals surface area contributed by atoms with Crippen LogP contribution in [0.25, 0.3) is 10.9 Å². The Morgan fingerprint density at radius 3 is 2.95 bits per heavy atom. The third kappa shape index (κ3) is 2.37. The van der Waals surface area contributed by atoms with E-state index in [-0.39, 0.29) is 0 Å². The van der Waals surface area contributed by atoms with Crippen molar-refractivity contribution in [3.05, 3.63) is 54.0 Å². The summed E-state index contributed by atoms with van der Waals surface area (Å²) in [6.45, 7) is 5.85. The lowest BCUT2D eigenvalue weighted by molar-refractivity contribution is 0.659. The van der Waals surface area contributed by atoms with E-state index in [0.29, 0.717) is 0 Å². The minimum absolute atomic E-state index is 0.771. The van der Waals surface area contributed by atoms with Gasteiger partial charge in [-0.3, -0.25) is 9.67 Å². The Bertz CT molecular complexity index is 730. The van der Waals surface area contributed by atoms with Gasteiger partial charge in [0.25, 0.3) is 0 Å². The molecule has 0 amide bonds. The van der Waals surface area contributed by atoms with Gasteiger partial charge in [0, 0.05) is 42.1 Å². The van der Waals surface area contributed by atoms with E-state index in [2.05, 4.69) is 53.6 Å². The lowest BCUT2D eigenvalue weighted by Crippen LogP contribution is -2.00. The van der Waals surface area contributed by atoms with Crippen LogP contribution in [0.2, 0.25) is 0 Å². The van der Waals surface area contributed by atoms with E-state index in [4.69, 9.17) is 0 Å². The number of fused-ring (bicyclic) bond motifs is 1. The normalized spacial score (nSPS) is 10.9. The monoisotopic (exact) mass is 266 g/mol. The van der Waals surface area contributed by atoms with Crippen molar-refractivity contribution in [1.29, 1.82) is 0 Å². The summed E-state index contributed by atoms with van der Waals surface area (Å²) in [6.07, 6.45) is 5.82. The van der Waals surface area contributed by atoms with Crippen LogP contribution < -0.4 is 5.32 Å². The standard InChI is InChI=1S/C16H18N4/c1-3-20-11-13(10-19-20)9-18-15-7-6-12(2)16-14(15)5-4-8-17-16/h4-8,10-11,18H,3,9H2,1-2H3. The highest BCUT2D eigenvalue weighted by Crippen LogP contribution is 2.24. The van der Waals surface area contributed by atoms with Gasteiger partial charge in [-0.15, -0.1) is 0 Å². The highest BCUT2D eigenvalue weighted by molar-refractivity contribution is 5.93. The summed E-state index contributed by atoms with van der Waals surface area (Å²) < 4.78 is 1.94. The summed E-state index contributed by atoms with van der Waals surface area (Å²) in [7, 11) is 0. The average molecular weight is 266 g/mol. The molecule has 0 aliphatic carbocycles. The van der Waals surface area contributed by atoms with Gasteiger partial charge in [0.05, 0.1) is 11.7 Å². The van der Waals surface area contributed by atoms with Crippen molar-refractivity contribution in [2.75, 3.05) is 5.32 Å². The van der Waals surface area contributed by atoms with Crippen LogP contribution in [0, 0.1) is 6.92 Å². The molecule has 0 aliphatic rings. The summed E-state index contributed by atoms with van der Waals surface area (Å²) in [6, 6.07) is 8.30. The molecule has 0 atom stereocenters. The number of pyridine rings is 1. The minimum Gasteiger partial charge on any atom is -0.380 e. The summed E-state index contributed by atoms with van der Waals surface area (Å²) in [5.74, 6) is 0. The molecule has 1 N–H and O–H groups in total. The number of hydrogen-bond acceptors (Lipinski definition) is 3. The molecule has 0 aliphatic heterocycles. The van der Waals surface area contributed by atoms with Crippen LogP contribution in [0.3, 0.4) is 0 Å². The molecule has 0 spiro atoms. The Morgan fingerprint density at radius 2 is 2.15 bits per heavy atom. The highest BCUT2D eigenvalue weighted by Gasteiger charge is 2.04. The van der Waals surface area contributed by atoms with Gasteiger partial charge in [0.2, 0.25) is 0 Å². The van der Waals surface area contributed by atoms with E-state index in [1.807, 2.05) is 23.1 Å². The first kappa shape index (κ1) is 12.7. The molecule has 102 valence electrons. The van der Waals surface area contributed by atoms with Crippen molar-refractivity contribution in [1.82, 2.24) is 14.8 Å². The summed E-state index contributed by atoms with van der Waals surface area (Å²) in [4.78, 5) is 4.46. The van der Waals surface area contributed by atoms with Gasteiger partial charge >= 0.3 is 0 Å². The number of nitrogens with zero attached hydrogens (tertiary/aromatic N) is 3. The quantitative estimate of drug-likeness (QED) is 0.787. The topological polar surface area (TPSA) is 42.7 Å². The molecular weight excluding hydrogens is 248 g/mol. The molecule has 3 aromatic rings. The first-order valence-electron chi connectivity index (χ1n) is 6.87. The lowest BCUT2D eigenvalue weighted by Gasteiger charge is -2.10. The number of anilines is 1. The van der Waals surface area contributed by atoms with Gasteiger partial charge in [-0.2, -0.15) is 5.10 Å². The fourth-order valence-electron chi connectivity index (χ4n) is 2.34. The van der Waals surface area contributed by atoms with E-state index in [1.165, 1.54) is 11.1 Å². The first-order valence-corrected chi connectivity index (χ1v) is 6.87. The Labute approximate surface area is 118 Å². The summed E-state index contributed by atoms with van der Waals surface area (Å²) >= 11 is 0. The van der Waals surface area contributed by atoms with Crippen LogP contribution in [0.5, 0.6) is 0 Å². The SMILES string of the molecule is CCn1cc(CNc2ccc(C)c3ncccc23)cn1. The van der Waals surface area contributed by atoms with Crippen LogP contribution in [-0.2, 0) is 13.1 Å². The molecular formula is C16H18N4. The maximum atomic E-state index is 4.46. The fourth-order valence-corrected chi connectivity index (χ4v) is 2.34. The molecule has 2 heterocycles. The maximum Gasteiger partial charge on any atom is 0.0751 e. The molecule has 4 heteroatoms. The van der Waals surface area contributed by atoms with Crippen molar-refractivity contribution in [3.8, 4) is 0 Å². The van der Waals surface area contributed by atoms with Crippen molar-refractivity contribution < 1.29 is 0 Å². The number of hydrogen-bond donors (Lipinski definition) is 1. The van der Waals surface area contributed by atoms with Crippen LogP contribution in [-0.4, -0.2) is 14.8 Å². The third-order valence-corrected chi connectivity index (χ3v) is 3.47. The van der Waals surface area contributed by atoms with E-state index < -0.39 is 0 Å². The van der Waals surface area contributed by atoms with Gasteiger partial charge in [-0.05, 0) is 37.6 Å². The molecule has 4 nitrogen and oxygen atoms in total. The highest BCUT2D eigenvalue weighted by atomic mass is 15.3. The molecule has 1 aromatic carbocycles. The fraction of sp³-hybridized carbons (Fsp3) is 0.250. The van der Waals surface area contributed by atoms with Gasteiger partial charge < -0.3 is 5.32 Å². The second kappa shape index (κ2) is 5.33. The summed E-state index contributed by atoms with van der Waals surface area (Å²) in [5, 5.41) is 8.93. The second-order valence-corrected chi connectivity index (χ2v) is 4.89. The van der Waals surface area contributed by atoms with Crippen molar-refractivity contribution in [3.63, 3.8) is 0 Å². The van der Waals surface area contributed by atoms with Crippen LogP contribution in [0.4, 0.5) is 5.69 Å².